The van der Waals surface area contributed by atoms with Crippen LogP contribution in [0.1, 0.15) is 49.3 Å². The largest absolute Gasteiger partial charge is 0.412 e. The molecule has 2 bridgehead atoms. The Labute approximate surface area is 142 Å². The molecule has 4 rings (SSSR count). The van der Waals surface area contributed by atoms with Crippen LogP contribution in [0.3, 0.4) is 0 Å². The highest BCUT2D eigenvalue weighted by molar-refractivity contribution is 5.93. The summed E-state index contributed by atoms with van der Waals surface area (Å²) < 4.78 is 5.90. The number of ether oxygens (including phenoxy) is 1. The molecule has 3 aliphatic rings. The smallest absolute Gasteiger partial charge is 0.149 e. The predicted octanol–water partition coefficient (Wildman–Crippen LogP) is 1.88. The molecule has 0 radical (unpaired) electrons. The minimum absolute atomic E-state index is 0.00829. The Balaban J connectivity index is 1.80. The number of nitrogens with two attached hydrogens (primary N) is 1. The number of ketones is 1. The summed E-state index contributed by atoms with van der Waals surface area (Å²) in [6.07, 6.45) is 2.85. The van der Waals surface area contributed by atoms with E-state index in [2.05, 4.69) is 13.8 Å². The van der Waals surface area contributed by atoms with Crippen LogP contribution in [-0.2, 0) is 22.4 Å². The average molecular weight is 331 g/mol. The molecule has 2 aliphatic heterocycles. The molecule has 0 spiro atoms. The van der Waals surface area contributed by atoms with Crippen molar-refractivity contribution in [2.24, 2.45) is 17.7 Å². The van der Waals surface area contributed by atoms with Gasteiger partial charge in [0.25, 0.3) is 0 Å². The van der Waals surface area contributed by atoms with Crippen molar-refractivity contribution in [2.45, 2.75) is 63.8 Å². The van der Waals surface area contributed by atoms with Gasteiger partial charge in [-0.05, 0) is 54.5 Å². The summed E-state index contributed by atoms with van der Waals surface area (Å²) >= 11 is 0. The molecule has 6 unspecified atom stereocenters. The minimum Gasteiger partial charge on any atom is -0.412 e. The van der Waals surface area contributed by atoms with Gasteiger partial charge in [0.2, 0.25) is 0 Å². The third kappa shape index (κ3) is 2.08. The van der Waals surface area contributed by atoms with Crippen molar-refractivity contribution >= 4 is 5.78 Å². The fraction of sp³-hybridized carbons (Fsp3) is 0.632. The van der Waals surface area contributed by atoms with Crippen molar-refractivity contribution in [1.82, 2.24) is 0 Å². The molecule has 3 fully saturated rings. The minimum atomic E-state index is -0.655. The van der Waals surface area contributed by atoms with Crippen molar-refractivity contribution in [3.63, 3.8) is 0 Å². The zero-order valence-corrected chi connectivity index (χ0v) is 14.2. The molecule has 0 aromatic heterocycles. The van der Waals surface area contributed by atoms with Gasteiger partial charge in [0.15, 0.2) is 0 Å². The highest BCUT2D eigenvalue weighted by atomic mass is 16.6. The number of carbonyl (C=O) groups is 1. The van der Waals surface area contributed by atoms with Crippen molar-refractivity contribution < 1.29 is 19.5 Å². The predicted molar refractivity (Wildman–Crippen MR) is 88.6 cm³/mol. The van der Waals surface area contributed by atoms with E-state index >= 15 is 0 Å². The van der Waals surface area contributed by atoms with E-state index in [4.69, 9.17) is 15.5 Å². The number of benzene rings is 1. The SMILES string of the molecule is CCc1cc(ON)cc(CC)c1C1C(=O)C2C3CCC(O3)C2C1O. The zero-order valence-electron chi connectivity index (χ0n) is 14.2. The van der Waals surface area contributed by atoms with Crippen LogP contribution >= 0.6 is 0 Å². The van der Waals surface area contributed by atoms with Gasteiger partial charge < -0.3 is 14.7 Å². The van der Waals surface area contributed by atoms with E-state index in [1.807, 2.05) is 12.1 Å². The number of aliphatic hydroxyl groups is 1. The van der Waals surface area contributed by atoms with Gasteiger partial charge in [-0.2, -0.15) is 5.90 Å². The lowest BCUT2D eigenvalue weighted by atomic mass is 9.81. The fourth-order valence-electron chi connectivity index (χ4n) is 5.23. The number of Topliss-reactive ketones (excluding diaryl/α,β-unsaturated/α-hetero) is 1. The van der Waals surface area contributed by atoms with Gasteiger partial charge in [0, 0.05) is 5.92 Å². The van der Waals surface area contributed by atoms with Gasteiger partial charge in [-0.15, -0.1) is 0 Å². The Hall–Kier alpha value is -1.43. The first-order valence-electron chi connectivity index (χ1n) is 9.00. The third-order valence-electron chi connectivity index (χ3n) is 6.23. The summed E-state index contributed by atoms with van der Waals surface area (Å²) in [6.45, 7) is 4.11. The van der Waals surface area contributed by atoms with Crippen LogP contribution in [0.25, 0.3) is 0 Å². The molecule has 130 valence electrons. The van der Waals surface area contributed by atoms with Crippen LogP contribution in [-0.4, -0.2) is 29.2 Å². The maximum Gasteiger partial charge on any atom is 0.149 e. The van der Waals surface area contributed by atoms with Crippen LogP contribution in [0.2, 0.25) is 0 Å². The molecule has 5 nitrogen and oxygen atoms in total. The van der Waals surface area contributed by atoms with E-state index in [-0.39, 0.29) is 29.8 Å². The average Bonchev–Trinajstić information content (AvgIpc) is 3.28. The highest BCUT2D eigenvalue weighted by Crippen LogP contribution is 2.55. The van der Waals surface area contributed by atoms with Gasteiger partial charge in [0.05, 0.1) is 30.1 Å². The Morgan fingerprint density at radius 3 is 2.38 bits per heavy atom. The third-order valence-corrected chi connectivity index (χ3v) is 6.23. The number of rotatable bonds is 4. The first kappa shape index (κ1) is 16.1. The highest BCUT2D eigenvalue weighted by Gasteiger charge is 2.63. The van der Waals surface area contributed by atoms with E-state index < -0.39 is 12.0 Å². The van der Waals surface area contributed by atoms with Crippen molar-refractivity contribution in [3.8, 4) is 5.75 Å². The second-order valence-corrected chi connectivity index (χ2v) is 7.24. The molecule has 1 aromatic carbocycles. The maximum atomic E-state index is 13.2. The monoisotopic (exact) mass is 331 g/mol. The Bertz CT molecular complexity index is 648. The quantitative estimate of drug-likeness (QED) is 0.823. The summed E-state index contributed by atoms with van der Waals surface area (Å²) in [4.78, 5) is 18.1. The first-order valence-corrected chi connectivity index (χ1v) is 9.00. The molecule has 0 amide bonds. The second-order valence-electron chi connectivity index (χ2n) is 7.24. The molecule has 5 heteroatoms. The van der Waals surface area contributed by atoms with Crippen molar-refractivity contribution in [2.75, 3.05) is 0 Å². The standard InChI is InChI=1S/C19H25NO4/c1-3-9-7-11(24-20)8-10(4-2)14(9)17-18(21)15-12-5-6-13(23-12)16(15)19(17)22/h7-8,12-13,15-18,21H,3-6,20H2,1-2H3. The van der Waals surface area contributed by atoms with Crippen LogP contribution in [0.15, 0.2) is 12.1 Å². The zero-order chi connectivity index (χ0) is 17.0. The molecule has 1 aliphatic carbocycles. The number of carbonyl (C=O) groups excluding carboxylic acids is 1. The topological polar surface area (TPSA) is 81.8 Å². The summed E-state index contributed by atoms with van der Waals surface area (Å²) in [5, 5.41) is 11.0. The van der Waals surface area contributed by atoms with E-state index in [1.54, 1.807) is 0 Å². The molecule has 1 aromatic rings. The number of aryl methyl sites for hydroxylation is 2. The molecule has 1 saturated carbocycles. The van der Waals surface area contributed by atoms with Gasteiger partial charge in [-0.3, -0.25) is 4.79 Å². The molecular formula is C19H25NO4. The van der Waals surface area contributed by atoms with Gasteiger partial charge >= 0.3 is 0 Å². The summed E-state index contributed by atoms with van der Waals surface area (Å²) in [5.41, 5.74) is 3.08. The summed E-state index contributed by atoms with van der Waals surface area (Å²) in [7, 11) is 0. The number of fused-ring (bicyclic) bond motifs is 5. The first-order chi connectivity index (χ1) is 11.6. The van der Waals surface area contributed by atoms with Gasteiger partial charge in [-0.1, -0.05) is 13.8 Å². The van der Waals surface area contributed by atoms with Crippen molar-refractivity contribution in [3.05, 3.63) is 28.8 Å². The van der Waals surface area contributed by atoms with E-state index in [1.165, 1.54) is 0 Å². The molecular weight excluding hydrogens is 306 g/mol. The van der Waals surface area contributed by atoms with E-state index in [9.17, 15) is 9.90 Å². The fourth-order valence-corrected chi connectivity index (χ4v) is 5.23. The Morgan fingerprint density at radius 1 is 1.21 bits per heavy atom. The van der Waals surface area contributed by atoms with Gasteiger partial charge in [-0.25, -0.2) is 0 Å². The number of hydrogen-bond acceptors (Lipinski definition) is 5. The molecule has 3 N–H and O–H groups in total. The normalized spacial score (nSPS) is 37.1. The molecule has 6 atom stereocenters. The number of hydrogen-bond donors (Lipinski definition) is 2. The van der Waals surface area contributed by atoms with Crippen molar-refractivity contribution in [1.29, 1.82) is 0 Å². The second kappa shape index (κ2) is 5.83. The Kier molecular flexibility index (Phi) is 3.90. The van der Waals surface area contributed by atoms with Crippen LogP contribution in [0.4, 0.5) is 0 Å². The van der Waals surface area contributed by atoms with E-state index in [0.717, 1.165) is 42.4 Å². The van der Waals surface area contributed by atoms with Crippen LogP contribution < -0.4 is 10.7 Å². The lowest BCUT2D eigenvalue weighted by Crippen LogP contribution is -2.31. The Morgan fingerprint density at radius 2 is 1.83 bits per heavy atom. The molecule has 2 saturated heterocycles. The summed E-state index contributed by atoms with van der Waals surface area (Å²) in [5.74, 6) is 5.49. The maximum absolute atomic E-state index is 13.2. The number of aliphatic hydroxyl groups excluding tert-OH is 1. The lowest BCUT2D eigenvalue weighted by Gasteiger charge is -2.25. The molecule has 24 heavy (non-hydrogen) atoms. The van der Waals surface area contributed by atoms with Crippen LogP contribution in [0, 0.1) is 11.8 Å². The molecule has 2 heterocycles. The van der Waals surface area contributed by atoms with Gasteiger partial charge in [0.1, 0.15) is 11.5 Å². The van der Waals surface area contributed by atoms with Crippen LogP contribution in [0.5, 0.6) is 5.75 Å². The lowest BCUT2D eigenvalue weighted by molar-refractivity contribution is -0.124. The van der Waals surface area contributed by atoms with E-state index in [0.29, 0.717) is 5.75 Å². The summed E-state index contributed by atoms with van der Waals surface area (Å²) in [6, 6.07) is 3.79.